The van der Waals surface area contributed by atoms with Crippen LogP contribution >= 0.6 is 0 Å². The summed E-state index contributed by atoms with van der Waals surface area (Å²) in [6, 6.07) is 3.49. The largest absolute Gasteiger partial charge is 0.433 e. The number of piperidine rings is 1. The Morgan fingerprint density at radius 1 is 1.26 bits per heavy atom. The van der Waals surface area contributed by atoms with Crippen molar-refractivity contribution in [2.45, 2.75) is 37.4 Å². The molecular formula is C21H18F6N6O. The van der Waals surface area contributed by atoms with Crippen LogP contribution in [-0.4, -0.2) is 37.9 Å². The lowest BCUT2D eigenvalue weighted by Gasteiger charge is -2.28. The Morgan fingerprint density at radius 2 is 2.06 bits per heavy atom. The number of nitrogens with one attached hydrogen (secondary N) is 2. The summed E-state index contributed by atoms with van der Waals surface area (Å²) in [7, 11) is 0. The number of aromatic nitrogens is 4. The highest BCUT2D eigenvalue weighted by molar-refractivity contribution is 5.91. The van der Waals surface area contributed by atoms with Crippen LogP contribution in [0.25, 0.3) is 5.82 Å². The molecule has 1 atom stereocenters. The number of hydrogen-bond acceptors (Lipinski definition) is 5. The molecular weight excluding hydrogens is 466 g/mol. The third-order valence-corrected chi connectivity index (χ3v) is 5.13. The summed E-state index contributed by atoms with van der Waals surface area (Å²) in [5.41, 5.74) is -0.939. The third-order valence-electron chi connectivity index (χ3n) is 5.13. The maximum absolute atomic E-state index is 14.6. The molecule has 1 aliphatic heterocycles. The van der Waals surface area contributed by atoms with Gasteiger partial charge >= 0.3 is 6.18 Å². The summed E-state index contributed by atoms with van der Waals surface area (Å²) in [4.78, 5) is 23.6. The Kier molecular flexibility index (Phi) is 6.30. The normalized spacial score (nSPS) is 18.0. The van der Waals surface area contributed by atoms with Crippen molar-refractivity contribution in [1.29, 1.82) is 0 Å². The van der Waals surface area contributed by atoms with Crippen LogP contribution in [-0.2, 0) is 17.4 Å². The average Bonchev–Trinajstić information content (AvgIpc) is 3.22. The maximum atomic E-state index is 14.6. The number of carbonyl (C=O) groups is 1. The minimum Gasteiger partial charge on any atom is -0.324 e. The summed E-state index contributed by atoms with van der Waals surface area (Å²) in [6.07, 6.45) is -2.01. The van der Waals surface area contributed by atoms with Crippen molar-refractivity contribution in [3.8, 4) is 5.82 Å². The molecule has 0 radical (unpaired) electrons. The quantitative estimate of drug-likeness (QED) is 0.534. The molecule has 3 aromatic heterocycles. The highest BCUT2D eigenvalue weighted by Crippen LogP contribution is 2.34. The van der Waals surface area contributed by atoms with Crippen molar-refractivity contribution >= 4 is 11.6 Å². The van der Waals surface area contributed by atoms with Crippen molar-refractivity contribution in [3.63, 3.8) is 0 Å². The maximum Gasteiger partial charge on any atom is 0.433 e. The number of imidazole rings is 1. The molecule has 1 aliphatic rings. The summed E-state index contributed by atoms with van der Waals surface area (Å²) in [6.45, 7) is 0.127. The summed E-state index contributed by atoms with van der Waals surface area (Å²) in [5, 5.41) is 5.30. The summed E-state index contributed by atoms with van der Waals surface area (Å²) < 4.78 is 81.5. The molecule has 0 spiro atoms. The molecule has 1 unspecified atom stereocenters. The zero-order valence-corrected chi connectivity index (χ0v) is 17.4. The number of halogens is 6. The number of carbonyl (C=O) groups excluding carboxylic acids is 1. The van der Waals surface area contributed by atoms with Gasteiger partial charge in [-0.05, 0) is 12.1 Å². The smallest absolute Gasteiger partial charge is 0.324 e. The molecule has 3 aromatic rings. The van der Waals surface area contributed by atoms with Gasteiger partial charge in [0.2, 0.25) is 5.91 Å². The van der Waals surface area contributed by atoms with E-state index >= 15 is 0 Å². The number of amides is 1. The van der Waals surface area contributed by atoms with Gasteiger partial charge in [0.1, 0.15) is 12.0 Å². The van der Waals surface area contributed by atoms with E-state index in [2.05, 4.69) is 25.6 Å². The van der Waals surface area contributed by atoms with Crippen molar-refractivity contribution in [1.82, 2.24) is 24.8 Å². The second-order valence-electron chi connectivity index (χ2n) is 7.79. The molecule has 0 aliphatic carbocycles. The number of hydrogen-bond donors (Lipinski definition) is 2. The minimum atomic E-state index is -4.64. The zero-order valence-electron chi connectivity index (χ0n) is 17.4. The van der Waals surface area contributed by atoms with E-state index in [9.17, 15) is 31.1 Å². The van der Waals surface area contributed by atoms with Crippen LogP contribution in [0, 0.1) is 5.82 Å². The Balaban J connectivity index is 1.43. The van der Waals surface area contributed by atoms with E-state index in [1.54, 1.807) is 0 Å². The SMILES string of the molecule is O=C(Cc1cccc(C(F)(F)F)n1)Nc1cnc(-n2cnc(C3CC(F)(F)CCN3)c2)c(F)c1. The van der Waals surface area contributed by atoms with E-state index in [1.165, 1.54) is 23.2 Å². The van der Waals surface area contributed by atoms with Gasteiger partial charge in [0, 0.05) is 31.6 Å². The van der Waals surface area contributed by atoms with E-state index in [0.717, 1.165) is 24.4 Å². The summed E-state index contributed by atoms with van der Waals surface area (Å²) in [5.74, 6) is -4.53. The molecule has 0 aromatic carbocycles. The Hall–Kier alpha value is -3.48. The number of anilines is 1. The van der Waals surface area contributed by atoms with Gasteiger partial charge in [-0.2, -0.15) is 13.2 Å². The van der Waals surface area contributed by atoms with Gasteiger partial charge in [-0.15, -0.1) is 0 Å². The van der Waals surface area contributed by atoms with Gasteiger partial charge in [0.15, 0.2) is 11.6 Å². The van der Waals surface area contributed by atoms with Gasteiger partial charge in [0.25, 0.3) is 5.92 Å². The number of pyridine rings is 2. The van der Waals surface area contributed by atoms with Crippen molar-refractivity contribution in [3.05, 3.63) is 65.9 Å². The lowest BCUT2D eigenvalue weighted by molar-refractivity contribution is -0.141. The number of rotatable bonds is 5. The molecule has 4 heterocycles. The fourth-order valence-electron chi connectivity index (χ4n) is 3.54. The molecule has 4 rings (SSSR count). The molecule has 2 N–H and O–H groups in total. The highest BCUT2D eigenvalue weighted by atomic mass is 19.4. The Bertz CT molecular complexity index is 1190. The molecule has 13 heteroatoms. The van der Waals surface area contributed by atoms with Crippen LogP contribution in [0.4, 0.5) is 32.0 Å². The van der Waals surface area contributed by atoms with Crippen molar-refractivity contribution in [2.75, 3.05) is 11.9 Å². The molecule has 0 saturated carbocycles. The zero-order chi connectivity index (χ0) is 24.5. The standard InChI is InChI=1S/C21H18F6N6O/c22-14-6-13(32-18(34)7-12-2-1-3-17(31-12)21(25,26)27)9-29-19(14)33-10-16(30-11-33)15-8-20(23,24)4-5-28-15/h1-3,6,9-11,15,28H,4-5,7-8H2,(H,32,34). The Labute approximate surface area is 189 Å². The topological polar surface area (TPSA) is 84.7 Å². The monoisotopic (exact) mass is 484 g/mol. The third kappa shape index (κ3) is 5.53. The van der Waals surface area contributed by atoms with Gasteiger partial charge in [0.05, 0.1) is 35.7 Å². The highest BCUT2D eigenvalue weighted by Gasteiger charge is 2.37. The first kappa shape index (κ1) is 23.7. The molecule has 180 valence electrons. The van der Waals surface area contributed by atoms with E-state index in [4.69, 9.17) is 0 Å². The fourth-order valence-corrected chi connectivity index (χ4v) is 3.54. The lowest BCUT2D eigenvalue weighted by Crippen LogP contribution is -2.38. The fraction of sp³-hybridized carbons (Fsp3) is 0.333. The first-order chi connectivity index (χ1) is 16.0. The number of nitrogens with zero attached hydrogens (tertiary/aromatic N) is 4. The predicted molar refractivity (Wildman–Crippen MR) is 108 cm³/mol. The van der Waals surface area contributed by atoms with Gasteiger partial charge in [-0.3, -0.25) is 9.36 Å². The van der Waals surface area contributed by atoms with Crippen LogP contribution in [0.1, 0.15) is 36.0 Å². The van der Waals surface area contributed by atoms with E-state index in [1.807, 2.05) is 0 Å². The second kappa shape index (κ2) is 9.05. The van der Waals surface area contributed by atoms with E-state index in [-0.39, 0.29) is 30.2 Å². The van der Waals surface area contributed by atoms with Gasteiger partial charge in [-0.1, -0.05) is 6.07 Å². The molecule has 7 nitrogen and oxygen atoms in total. The second-order valence-corrected chi connectivity index (χ2v) is 7.79. The Morgan fingerprint density at radius 3 is 2.76 bits per heavy atom. The summed E-state index contributed by atoms with van der Waals surface area (Å²) >= 11 is 0. The van der Waals surface area contributed by atoms with Gasteiger partial charge in [-0.25, -0.2) is 28.1 Å². The minimum absolute atomic E-state index is 0.0212. The molecule has 1 fully saturated rings. The first-order valence-corrected chi connectivity index (χ1v) is 10.1. The number of alkyl halides is 5. The molecule has 34 heavy (non-hydrogen) atoms. The van der Waals surface area contributed by atoms with Crippen molar-refractivity contribution in [2.24, 2.45) is 0 Å². The average molecular weight is 484 g/mol. The van der Waals surface area contributed by atoms with Gasteiger partial charge < -0.3 is 10.6 Å². The van der Waals surface area contributed by atoms with Crippen molar-refractivity contribution < 1.29 is 31.1 Å². The van der Waals surface area contributed by atoms with E-state index < -0.39 is 48.4 Å². The van der Waals surface area contributed by atoms with Crippen LogP contribution < -0.4 is 10.6 Å². The van der Waals surface area contributed by atoms with Crippen LogP contribution in [0.2, 0.25) is 0 Å². The first-order valence-electron chi connectivity index (χ1n) is 10.1. The molecule has 0 bridgehead atoms. The molecule has 1 saturated heterocycles. The van der Waals surface area contributed by atoms with E-state index in [0.29, 0.717) is 5.69 Å². The van der Waals surface area contributed by atoms with Crippen LogP contribution in [0.3, 0.4) is 0 Å². The lowest BCUT2D eigenvalue weighted by atomic mass is 9.99. The van der Waals surface area contributed by atoms with Crippen LogP contribution in [0.15, 0.2) is 43.0 Å². The predicted octanol–water partition coefficient (Wildman–Crippen LogP) is 4.06. The van der Waals surface area contributed by atoms with Crippen LogP contribution in [0.5, 0.6) is 0 Å². The molecule has 1 amide bonds.